The second-order valence-corrected chi connectivity index (χ2v) is 6.01. The zero-order chi connectivity index (χ0) is 15.8. The lowest BCUT2D eigenvalue weighted by atomic mass is 10.3. The molecule has 1 aromatic carbocycles. The van der Waals surface area contributed by atoms with Crippen molar-refractivity contribution in [2.24, 2.45) is 7.05 Å². The molecule has 7 heteroatoms. The fourth-order valence-electron chi connectivity index (χ4n) is 2.21. The van der Waals surface area contributed by atoms with Gasteiger partial charge in [0.15, 0.2) is 22.3 Å². The molecule has 0 unspecified atom stereocenters. The summed E-state index contributed by atoms with van der Waals surface area (Å²) in [5, 5.41) is 7.54. The summed E-state index contributed by atoms with van der Waals surface area (Å²) in [6, 6.07) is 13.0. The Labute approximate surface area is 135 Å². The fraction of sp³-hybridized carbons (Fsp3) is 0.0625. The lowest BCUT2D eigenvalue weighted by Crippen LogP contribution is -2.11. The molecule has 0 spiro atoms. The van der Waals surface area contributed by atoms with E-state index in [1.165, 1.54) is 11.3 Å². The number of carbonyl (C=O) groups is 1. The van der Waals surface area contributed by atoms with E-state index in [0.717, 1.165) is 15.2 Å². The van der Waals surface area contributed by atoms with E-state index in [1.54, 1.807) is 36.1 Å². The van der Waals surface area contributed by atoms with Gasteiger partial charge in [-0.1, -0.05) is 12.1 Å². The maximum absolute atomic E-state index is 12.2. The molecule has 0 aliphatic heterocycles. The molecular formula is C16H12N4O2S. The second kappa shape index (κ2) is 5.36. The molecule has 114 valence electrons. The number of fused-ring (bicyclic) bond motifs is 1. The third kappa shape index (κ3) is 2.62. The molecule has 3 heterocycles. The van der Waals surface area contributed by atoms with Crippen molar-refractivity contribution < 1.29 is 9.21 Å². The first-order chi connectivity index (χ1) is 11.2. The Hall–Kier alpha value is -2.93. The van der Waals surface area contributed by atoms with E-state index in [0.29, 0.717) is 11.6 Å². The van der Waals surface area contributed by atoms with Crippen molar-refractivity contribution >= 4 is 33.3 Å². The van der Waals surface area contributed by atoms with Crippen LogP contribution in [-0.4, -0.2) is 20.7 Å². The zero-order valence-corrected chi connectivity index (χ0v) is 13.0. The lowest BCUT2D eigenvalue weighted by molar-refractivity contribution is 0.0997. The van der Waals surface area contributed by atoms with E-state index in [1.807, 2.05) is 24.3 Å². The van der Waals surface area contributed by atoms with Crippen LogP contribution in [0.1, 0.15) is 10.6 Å². The topological polar surface area (TPSA) is 73.0 Å². The smallest absolute Gasteiger partial charge is 0.292 e. The number of carbonyl (C=O) groups excluding carboxylic acids is 1. The van der Waals surface area contributed by atoms with Crippen molar-refractivity contribution in [3.05, 3.63) is 54.4 Å². The van der Waals surface area contributed by atoms with Gasteiger partial charge < -0.3 is 9.73 Å². The predicted molar refractivity (Wildman–Crippen MR) is 88.5 cm³/mol. The molecule has 23 heavy (non-hydrogen) atoms. The highest BCUT2D eigenvalue weighted by Gasteiger charge is 2.15. The van der Waals surface area contributed by atoms with Crippen LogP contribution in [0, 0.1) is 0 Å². The van der Waals surface area contributed by atoms with Gasteiger partial charge in [-0.15, -0.1) is 11.3 Å². The van der Waals surface area contributed by atoms with Gasteiger partial charge >= 0.3 is 0 Å². The van der Waals surface area contributed by atoms with Gasteiger partial charge in [0.1, 0.15) is 0 Å². The van der Waals surface area contributed by atoms with Crippen LogP contribution in [0.4, 0.5) is 5.82 Å². The molecule has 0 radical (unpaired) electrons. The largest absolute Gasteiger partial charge is 0.448 e. The first-order valence-electron chi connectivity index (χ1n) is 6.96. The average Bonchev–Trinajstić information content (AvgIpc) is 3.25. The first kappa shape index (κ1) is 13.7. The van der Waals surface area contributed by atoms with Gasteiger partial charge in [-0.05, 0) is 24.3 Å². The Bertz CT molecular complexity index is 965. The highest BCUT2D eigenvalue weighted by atomic mass is 32.1. The summed E-state index contributed by atoms with van der Waals surface area (Å²) < 4.78 is 8.34. The lowest BCUT2D eigenvalue weighted by Gasteiger charge is -1.98. The number of benzene rings is 1. The van der Waals surface area contributed by atoms with Crippen molar-refractivity contribution in [2.45, 2.75) is 0 Å². The zero-order valence-electron chi connectivity index (χ0n) is 12.2. The van der Waals surface area contributed by atoms with E-state index in [4.69, 9.17) is 4.42 Å². The van der Waals surface area contributed by atoms with Crippen LogP contribution in [-0.2, 0) is 7.05 Å². The number of amides is 1. The Kier molecular flexibility index (Phi) is 3.20. The van der Waals surface area contributed by atoms with Gasteiger partial charge in [0.2, 0.25) is 0 Å². The van der Waals surface area contributed by atoms with Crippen molar-refractivity contribution in [1.82, 2.24) is 14.8 Å². The molecule has 3 aromatic heterocycles. The molecule has 6 nitrogen and oxygen atoms in total. The number of aromatic nitrogens is 3. The molecule has 0 saturated heterocycles. The molecular weight excluding hydrogens is 312 g/mol. The summed E-state index contributed by atoms with van der Waals surface area (Å²) in [5.74, 6) is 0.953. The second-order valence-electron chi connectivity index (χ2n) is 4.98. The SMILES string of the molecule is Cn1ccc(NC(=O)c2ccc(-c3nc4ccccc4s3)o2)n1. The quantitative estimate of drug-likeness (QED) is 0.625. The van der Waals surface area contributed by atoms with Gasteiger partial charge in [0.05, 0.1) is 10.2 Å². The van der Waals surface area contributed by atoms with E-state index in [9.17, 15) is 4.79 Å². The van der Waals surface area contributed by atoms with E-state index < -0.39 is 0 Å². The number of furan rings is 1. The number of aryl methyl sites for hydroxylation is 1. The Morgan fingerprint density at radius 3 is 2.87 bits per heavy atom. The first-order valence-corrected chi connectivity index (χ1v) is 7.77. The van der Waals surface area contributed by atoms with Crippen LogP contribution >= 0.6 is 11.3 Å². The van der Waals surface area contributed by atoms with Gasteiger partial charge in [-0.2, -0.15) is 5.10 Å². The van der Waals surface area contributed by atoms with Crippen LogP contribution in [0.2, 0.25) is 0 Å². The summed E-state index contributed by atoms with van der Waals surface area (Å²) in [4.78, 5) is 16.7. The number of hydrogen-bond acceptors (Lipinski definition) is 5. The maximum Gasteiger partial charge on any atom is 0.292 e. The van der Waals surface area contributed by atoms with Crippen LogP contribution in [0.25, 0.3) is 21.0 Å². The third-order valence-electron chi connectivity index (χ3n) is 3.29. The van der Waals surface area contributed by atoms with Crippen molar-refractivity contribution in [1.29, 1.82) is 0 Å². The average molecular weight is 324 g/mol. The standard InChI is InChI=1S/C16H12N4O2S/c1-20-9-8-14(19-20)18-15(21)11-6-7-12(22-11)16-17-10-4-2-3-5-13(10)23-16/h2-9H,1H3,(H,18,19,21). The van der Waals surface area contributed by atoms with E-state index >= 15 is 0 Å². The molecule has 0 saturated carbocycles. The van der Waals surface area contributed by atoms with E-state index in [-0.39, 0.29) is 11.7 Å². The summed E-state index contributed by atoms with van der Waals surface area (Å²) in [7, 11) is 1.79. The van der Waals surface area contributed by atoms with Crippen LogP contribution in [0.15, 0.2) is 53.1 Å². The highest BCUT2D eigenvalue weighted by Crippen LogP contribution is 2.31. The third-order valence-corrected chi connectivity index (χ3v) is 4.34. The van der Waals surface area contributed by atoms with Crippen molar-refractivity contribution in [2.75, 3.05) is 5.32 Å². The Balaban J connectivity index is 1.59. The molecule has 0 bridgehead atoms. The number of anilines is 1. The van der Waals surface area contributed by atoms with Crippen molar-refractivity contribution in [3.8, 4) is 10.8 Å². The molecule has 0 aliphatic carbocycles. The molecule has 0 atom stereocenters. The normalized spacial score (nSPS) is 11.0. The molecule has 0 aliphatic rings. The van der Waals surface area contributed by atoms with Gasteiger partial charge in [-0.3, -0.25) is 9.48 Å². The number of thiazole rings is 1. The maximum atomic E-state index is 12.2. The van der Waals surface area contributed by atoms with Crippen LogP contribution in [0.3, 0.4) is 0 Å². The molecule has 1 amide bonds. The van der Waals surface area contributed by atoms with E-state index in [2.05, 4.69) is 15.4 Å². The highest BCUT2D eigenvalue weighted by molar-refractivity contribution is 7.21. The fourth-order valence-corrected chi connectivity index (χ4v) is 3.14. The monoisotopic (exact) mass is 324 g/mol. The molecule has 1 N–H and O–H groups in total. The number of rotatable bonds is 3. The van der Waals surface area contributed by atoms with Crippen LogP contribution < -0.4 is 5.32 Å². The Morgan fingerprint density at radius 2 is 2.09 bits per heavy atom. The van der Waals surface area contributed by atoms with Crippen molar-refractivity contribution in [3.63, 3.8) is 0 Å². The number of hydrogen-bond donors (Lipinski definition) is 1. The molecule has 4 rings (SSSR count). The number of nitrogens with one attached hydrogen (secondary N) is 1. The summed E-state index contributed by atoms with van der Waals surface area (Å²) in [5.41, 5.74) is 0.920. The van der Waals surface area contributed by atoms with Gasteiger partial charge in [-0.25, -0.2) is 4.98 Å². The number of para-hydroxylation sites is 1. The summed E-state index contributed by atoms with van der Waals surface area (Å²) in [6.45, 7) is 0. The minimum atomic E-state index is -0.337. The predicted octanol–water partition coefficient (Wildman–Crippen LogP) is 3.54. The van der Waals surface area contributed by atoms with Gasteiger partial charge in [0, 0.05) is 19.3 Å². The molecule has 4 aromatic rings. The van der Waals surface area contributed by atoms with Crippen LogP contribution in [0.5, 0.6) is 0 Å². The summed E-state index contributed by atoms with van der Waals surface area (Å²) >= 11 is 1.53. The minimum absolute atomic E-state index is 0.227. The number of nitrogens with zero attached hydrogens (tertiary/aromatic N) is 3. The van der Waals surface area contributed by atoms with Gasteiger partial charge in [0.25, 0.3) is 5.91 Å². The summed E-state index contributed by atoms with van der Waals surface area (Å²) in [6.07, 6.45) is 1.75. The Morgan fingerprint density at radius 1 is 1.22 bits per heavy atom. The minimum Gasteiger partial charge on any atom is -0.448 e. The molecule has 0 fully saturated rings.